The average molecular weight is 353 g/mol. The fraction of sp³-hybridized carbons (Fsp3) is 0.895. The second-order valence-electron chi connectivity index (χ2n) is 8.23. The molecule has 1 heterocycles. The number of guanidine groups is 1. The normalized spacial score (nSPS) is 33.6. The molecule has 6 nitrogen and oxygen atoms in total. The number of likely N-dealkylation sites (N-methyl/N-ethyl adjacent to an activating group) is 1. The molecule has 0 aromatic rings. The summed E-state index contributed by atoms with van der Waals surface area (Å²) < 4.78 is 4.95. The number of aliphatic imine (C=N–C) groups is 1. The van der Waals surface area contributed by atoms with Crippen molar-refractivity contribution in [1.29, 1.82) is 0 Å². The number of hydrogen-bond donors (Lipinski definition) is 1. The van der Waals surface area contributed by atoms with E-state index in [1.807, 2.05) is 7.05 Å². The van der Waals surface area contributed by atoms with Gasteiger partial charge in [0.15, 0.2) is 5.96 Å². The Kier molecular flexibility index (Phi) is 6.72. The molecular formula is C19H36N4O2. The molecule has 1 N–H and O–H groups in total. The third kappa shape index (κ3) is 4.46. The molecule has 1 saturated heterocycles. The molecule has 1 saturated carbocycles. The largest absolute Gasteiger partial charge is 0.469 e. The summed E-state index contributed by atoms with van der Waals surface area (Å²) >= 11 is 0. The molecule has 144 valence electrons. The van der Waals surface area contributed by atoms with Crippen molar-refractivity contribution in [2.75, 3.05) is 47.9 Å². The fourth-order valence-corrected chi connectivity index (χ4v) is 4.53. The molecule has 0 amide bonds. The molecule has 0 aromatic heterocycles. The van der Waals surface area contributed by atoms with Crippen LogP contribution in [0.5, 0.6) is 0 Å². The highest BCUT2D eigenvalue weighted by molar-refractivity contribution is 5.82. The van der Waals surface area contributed by atoms with Crippen molar-refractivity contribution in [3.63, 3.8) is 0 Å². The number of rotatable bonds is 4. The molecule has 0 spiro atoms. The summed E-state index contributed by atoms with van der Waals surface area (Å²) in [5.74, 6) is 1.76. The average Bonchev–Trinajstić information content (AvgIpc) is 2.96. The topological polar surface area (TPSA) is 57.2 Å². The Bertz CT molecular complexity index is 494. The lowest BCUT2D eigenvalue weighted by atomic mass is 9.75. The van der Waals surface area contributed by atoms with Crippen LogP contribution in [0.25, 0.3) is 0 Å². The van der Waals surface area contributed by atoms with Gasteiger partial charge in [0.25, 0.3) is 0 Å². The van der Waals surface area contributed by atoms with E-state index in [4.69, 9.17) is 4.74 Å². The van der Waals surface area contributed by atoms with E-state index in [1.54, 1.807) is 0 Å². The van der Waals surface area contributed by atoms with E-state index in [2.05, 4.69) is 48.1 Å². The van der Waals surface area contributed by atoms with Crippen molar-refractivity contribution in [1.82, 2.24) is 15.1 Å². The summed E-state index contributed by atoms with van der Waals surface area (Å²) in [6, 6.07) is 0. The maximum absolute atomic E-state index is 11.9. The SMILES string of the molecule is CN=C(NCC1(N(C)C)CCCC(C)C1)N1CC(C)C(C(=O)OC)C1. The minimum Gasteiger partial charge on any atom is -0.469 e. The van der Waals surface area contributed by atoms with Crippen LogP contribution in [0.4, 0.5) is 0 Å². The Labute approximate surface area is 153 Å². The second kappa shape index (κ2) is 8.39. The van der Waals surface area contributed by atoms with Crippen LogP contribution in [-0.4, -0.2) is 75.2 Å². The molecule has 1 aliphatic heterocycles. The molecule has 2 rings (SSSR count). The summed E-state index contributed by atoms with van der Waals surface area (Å²) in [6.07, 6.45) is 5.04. The van der Waals surface area contributed by atoms with Gasteiger partial charge in [0, 0.05) is 32.2 Å². The lowest BCUT2D eigenvalue weighted by Gasteiger charge is -2.45. The molecule has 0 bridgehead atoms. The first-order valence-corrected chi connectivity index (χ1v) is 9.54. The maximum Gasteiger partial charge on any atom is 0.310 e. The summed E-state index contributed by atoms with van der Waals surface area (Å²) in [5, 5.41) is 3.60. The van der Waals surface area contributed by atoms with E-state index >= 15 is 0 Å². The standard InChI is InChI=1S/C19H36N4O2/c1-14-8-7-9-19(10-14,22(4)5)13-21-18(20-3)23-11-15(2)16(12-23)17(24)25-6/h14-16H,7-13H2,1-6H3,(H,20,21). The Morgan fingerprint density at radius 3 is 2.64 bits per heavy atom. The van der Waals surface area contributed by atoms with Gasteiger partial charge < -0.3 is 19.9 Å². The number of nitrogens with zero attached hydrogens (tertiary/aromatic N) is 3. The van der Waals surface area contributed by atoms with Gasteiger partial charge in [-0.2, -0.15) is 0 Å². The number of carbonyl (C=O) groups excluding carboxylic acids is 1. The molecule has 2 aliphatic rings. The van der Waals surface area contributed by atoms with Gasteiger partial charge in [-0.05, 0) is 38.8 Å². The lowest BCUT2D eigenvalue weighted by Crippen LogP contribution is -2.56. The smallest absolute Gasteiger partial charge is 0.310 e. The lowest BCUT2D eigenvalue weighted by molar-refractivity contribution is -0.145. The number of ether oxygens (including phenoxy) is 1. The highest BCUT2D eigenvalue weighted by atomic mass is 16.5. The van der Waals surface area contributed by atoms with Crippen LogP contribution in [0.15, 0.2) is 4.99 Å². The van der Waals surface area contributed by atoms with Gasteiger partial charge >= 0.3 is 5.97 Å². The van der Waals surface area contributed by atoms with Gasteiger partial charge in [0.1, 0.15) is 0 Å². The quantitative estimate of drug-likeness (QED) is 0.475. The van der Waals surface area contributed by atoms with Crippen LogP contribution in [0.2, 0.25) is 0 Å². The molecule has 0 radical (unpaired) electrons. The summed E-state index contributed by atoms with van der Waals surface area (Å²) in [4.78, 5) is 21.0. The van der Waals surface area contributed by atoms with Crippen molar-refractivity contribution in [2.24, 2.45) is 22.7 Å². The molecule has 2 fully saturated rings. The second-order valence-corrected chi connectivity index (χ2v) is 8.23. The zero-order valence-electron chi connectivity index (χ0n) is 16.8. The van der Waals surface area contributed by atoms with Crippen molar-refractivity contribution >= 4 is 11.9 Å². The molecular weight excluding hydrogens is 316 g/mol. The highest BCUT2D eigenvalue weighted by Crippen LogP contribution is 2.35. The van der Waals surface area contributed by atoms with E-state index < -0.39 is 0 Å². The highest BCUT2D eigenvalue weighted by Gasteiger charge is 2.39. The fourth-order valence-electron chi connectivity index (χ4n) is 4.53. The summed E-state index contributed by atoms with van der Waals surface area (Å²) in [5.41, 5.74) is 0.181. The first-order chi connectivity index (χ1) is 11.8. The summed E-state index contributed by atoms with van der Waals surface area (Å²) in [7, 11) is 7.67. The number of nitrogens with one attached hydrogen (secondary N) is 1. The Morgan fingerprint density at radius 1 is 1.36 bits per heavy atom. The van der Waals surface area contributed by atoms with Crippen LogP contribution in [0, 0.1) is 17.8 Å². The Morgan fingerprint density at radius 2 is 2.08 bits per heavy atom. The minimum absolute atomic E-state index is 0.0685. The van der Waals surface area contributed by atoms with Crippen LogP contribution < -0.4 is 5.32 Å². The molecule has 1 aliphatic carbocycles. The van der Waals surface area contributed by atoms with Crippen LogP contribution in [0.3, 0.4) is 0 Å². The van der Waals surface area contributed by atoms with E-state index in [0.29, 0.717) is 6.54 Å². The van der Waals surface area contributed by atoms with E-state index in [1.165, 1.54) is 32.8 Å². The third-order valence-corrected chi connectivity index (χ3v) is 6.22. The van der Waals surface area contributed by atoms with Crippen molar-refractivity contribution in [2.45, 2.75) is 45.1 Å². The van der Waals surface area contributed by atoms with Gasteiger partial charge in [-0.25, -0.2) is 0 Å². The number of esters is 1. The van der Waals surface area contributed by atoms with Gasteiger partial charge in [-0.3, -0.25) is 9.79 Å². The van der Waals surface area contributed by atoms with Gasteiger partial charge in [-0.1, -0.05) is 26.7 Å². The first-order valence-electron chi connectivity index (χ1n) is 9.54. The molecule has 4 atom stereocenters. The Hall–Kier alpha value is -1.30. The molecule has 0 aromatic carbocycles. The van der Waals surface area contributed by atoms with Crippen molar-refractivity contribution < 1.29 is 9.53 Å². The molecule has 4 unspecified atom stereocenters. The number of likely N-dealkylation sites (tertiary alicyclic amines) is 1. The number of carbonyl (C=O) groups is 1. The minimum atomic E-state index is -0.115. The van der Waals surface area contributed by atoms with Crippen LogP contribution in [0.1, 0.15) is 39.5 Å². The number of methoxy groups -OCH3 is 1. The zero-order chi connectivity index (χ0) is 18.6. The van der Waals surface area contributed by atoms with Crippen LogP contribution in [-0.2, 0) is 9.53 Å². The maximum atomic E-state index is 11.9. The Balaban J connectivity index is 2.01. The summed E-state index contributed by atoms with van der Waals surface area (Å²) in [6.45, 7) is 6.88. The predicted octanol–water partition coefficient (Wildman–Crippen LogP) is 1.81. The van der Waals surface area contributed by atoms with Crippen molar-refractivity contribution in [3.8, 4) is 0 Å². The van der Waals surface area contributed by atoms with Crippen LogP contribution >= 0.6 is 0 Å². The number of hydrogen-bond acceptors (Lipinski definition) is 4. The molecule has 25 heavy (non-hydrogen) atoms. The van der Waals surface area contributed by atoms with E-state index in [9.17, 15) is 4.79 Å². The van der Waals surface area contributed by atoms with E-state index in [-0.39, 0.29) is 23.3 Å². The molecule has 6 heteroatoms. The first kappa shape index (κ1) is 20.0. The van der Waals surface area contributed by atoms with Gasteiger partial charge in [-0.15, -0.1) is 0 Å². The van der Waals surface area contributed by atoms with Crippen molar-refractivity contribution in [3.05, 3.63) is 0 Å². The van der Waals surface area contributed by atoms with Gasteiger partial charge in [0.05, 0.1) is 13.0 Å². The predicted molar refractivity (Wildman–Crippen MR) is 102 cm³/mol. The van der Waals surface area contributed by atoms with E-state index in [0.717, 1.165) is 25.0 Å². The van der Waals surface area contributed by atoms with Gasteiger partial charge in [0.2, 0.25) is 0 Å². The monoisotopic (exact) mass is 352 g/mol. The zero-order valence-corrected chi connectivity index (χ0v) is 16.8. The third-order valence-electron chi connectivity index (χ3n) is 6.22.